The first kappa shape index (κ1) is 26.3. The predicted octanol–water partition coefficient (Wildman–Crippen LogP) is -3.22. The van der Waals surface area contributed by atoms with Crippen LogP contribution in [0.4, 0.5) is 0 Å². The van der Waals surface area contributed by atoms with Crippen LogP contribution in [0.25, 0.3) is 0 Å². The van der Waals surface area contributed by atoms with Gasteiger partial charge in [0.1, 0.15) is 18.1 Å². The molecule has 15 heteroatoms. The highest BCUT2D eigenvalue weighted by atomic mass is 16.4. The van der Waals surface area contributed by atoms with Crippen LogP contribution in [-0.2, 0) is 33.6 Å². The quantitative estimate of drug-likeness (QED) is 0.152. The molecular weight excluding hydrogens is 436 g/mol. The van der Waals surface area contributed by atoms with Crippen LogP contribution in [0, 0.1) is 0 Å². The molecule has 4 atom stereocenters. The van der Waals surface area contributed by atoms with Crippen LogP contribution in [0.3, 0.4) is 0 Å². The summed E-state index contributed by atoms with van der Waals surface area (Å²) < 4.78 is 0. The number of carboxylic acids is 4. The van der Waals surface area contributed by atoms with E-state index in [1.807, 2.05) is 5.32 Å². The molecule has 1 rings (SSSR count). The van der Waals surface area contributed by atoms with Crippen LogP contribution in [0.2, 0.25) is 0 Å². The molecule has 15 nitrogen and oxygen atoms in total. The largest absolute Gasteiger partial charge is 0.481 e. The molecule has 0 aliphatic carbocycles. The van der Waals surface area contributed by atoms with Gasteiger partial charge in [0.15, 0.2) is 0 Å². The molecule has 0 bridgehead atoms. The number of hydrogen-bond donors (Lipinski definition) is 7. The summed E-state index contributed by atoms with van der Waals surface area (Å²) in [7, 11) is 0. The Kier molecular flexibility index (Phi) is 9.52. The van der Waals surface area contributed by atoms with E-state index in [1.54, 1.807) is 0 Å². The molecule has 0 spiro atoms. The molecule has 4 unspecified atom stereocenters. The van der Waals surface area contributed by atoms with E-state index in [0.717, 1.165) is 4.90 Å². The van der Waals surface area contributed by atoms with Gasteiger partial charge in [-0.2, -0.15) is 0 Å². The first-order chi connectivity index (χ1) is 14.8. The average Bonchev–Trinajstić information content (AvgIpc) is 3.14. The third kappa shape index (κ3) is 7.82. The topological polar surface area (TPSA) is 254 Å². The van der Waals surface area contributed by atoms with Crippen molar-refractivity contribution in [3.05, 3.63) is 0 Å². The maximum Gasteiger partial charge on any atom is 0.326 e. The fourth-order valence-corrected chi connectivity index (χ4v) is 3.08. The fraction of sp³-hybridized carbons (Fsp3) is 0.588. The number of rotatable bonds is 12. The first-order valence-corrected chi connectivity index (χ1v) is 9.38. The molecule has 32 heavy (non-hydrogen) atoms. The van der Waals surface area contributed by atoms with E-state index in [9.17, 15) is 33.6 Å². The van der Waals surface area contributed by atoms with Crippen LogP contribution in [-0.4, -0.2) is 97.6 Å². The normalized spacial score (nSPS) is 18.2. The lowest BCUT2D eigenvalue weighted by Crippen LogP contribution is -2.57. The number of likely N-dealkylation sites (tertiary alicyclic amines) is 1. The van der Waals surface area contributed by atoms with Gasteiger partial charge in [-0.25, -0.2) is 4.79 Å². The van der Waals surface area contributed by atoms with Gasteiger partial charge in [-0.3, -0.25) is 28.8 Å². The molecule has 178 valence electrons. The van der Waals surface area contributed by atoms with Crippen molar-refractivity contribution in [1.29, 1.82) is 0 Å². The number of aliphatic carboxylic acids is 4. The summed E-state index contributed by atoms with van der Waals surface area (Å²) in [6.45, 7) is -0.0131. The summed E-state index contributed by atoms with van der Waals surface area (Å²) in [4.78, 5) is 82.2. The van der Waals surface area contributed by atoms with Crippen molar-refractivity contribution in [2.45, 2.75) is 56.3 Å². The summed E-state index contributed by atoms with van der Waals surface area (Å²) in [5, 5.41) is 39.7. The Hall–Kier alpha value is -3.75. The van der Waals surface area contributed by atoms with Crippen LogP contribution >= 0.6 is 0 Å². The zero-order valence-electron chi connectivity index (χ0n) is 16.7. The van der Waals surface area contributed by atoms with Crippen molar-refractivity contribution in [2.24, 2.45) is 5.73 Å². The van der Waals surface area contributed by atoms with Gasteiger partial charge in [0.25, 0.3) is 0 Å². The van der Waals surface area contributed by atoms with Gasteiger partial charge in [0, 0.05) is 6.54 Å². The lowest BCUT2D eigenvalue weighted by molar-refractivity contribution is -0.149. The molecule has 0 aromatic carbocycles. The highest BCUT2D eigenvalue weighted by Gasteiger charge is 2.40. The van der Waals surface area contributed by atoms with Gasteiger partial charge in [0.2, 0.25) is 17.7 Å². The van der Waals surface area contributed by atoms with Gasteiger partial charge in [0.05, 0.1) is 25.3 Å². The van der Waals surface area contributed by atoms with E-state index in [1.165, 1.54) is 0 Å². The molecule has 1 aliphatic rings. The van der Waals surface area contributed by atoms with Crippen LogP contribution in [0.1, 0.15) is 32.1 Å². The smallest absolute Gasteiger partial charge is 0.326 e. The van der Waals surface area contributed by atoms with Crippen LogP contribution in [0.15, 0.2) is 0 Å². The number of nitrogens with two attached hydrogens (primary N) is 1. The van der Waals surface area contributed by atoms with Crippen molar-refractivity contribution < 1.29 is 54.0 Å². The molecule has 0 aromatic heterocycles. The van der Waals surface area contributed by atoms with Gasteiger partial charge in [-0.05, 0) is 12.8 Å². The third-order valence-corrected chi connectivity index (χ3v) is 4.56. The number of hydrogen-bond acceptors (Lipinski definition) is 8. The number of nitrogens with zero attached hydrogens (tertiary/aromatic N) is 1. The second kappa shape index (κ2) is 11.6. The molecule has 1 fully saturated rings. The van der Waals surface area contributed by atoms with Gasteiger partial charge >= 0.3 is 23.9 Å². The molecule has 0 saturated carbocycles. The lowest BCUT2D eigenvalue weighted by atomic mass is 10.1. The van der Waals surface area contributed by atoms with Crippen molar-refractivity contribution in [3.63, 3.8) is 0 Å². The Morgan fingerprint density at radius 3 is 1.88 bits per heavy atom. The molecule has 1 saturated heterocycles. The zero-order chi connectivity index (χ0) is 24.6. The van der Waals surface area contributed by atoms with E-state index in [4.69, 9.17) is 26.2 Å². The van der Waals surface area contributed by atoms with E-state index < -0.39 is 85.0 Å². The SMILES string of the molecule is NC(CC(=O)O)C(=O)NC(CC(=O)O)C(=O)N1CCCC1C(=O)NC(CC(=O)O)C(=O)O. The summed E-state index contributed by atoms with van der Waals surface area (Å²) in [5.74, 6) is -8.93. The maximum atomic E-state index is 12.9. The molecule has 1 aliphatic heterocycles. The van der Waals surface area contributed by atoms with Gasteiger partial charge in [-0.15, -0.1) is 0 Å². The third-order valence-electron chi connectivity index (χ3n) is 4.56. The van der Waals surface area contributed by atoms with Crippen molar-refractivity contribution in [3.8, 4) is 0 Å². The van der Waals surface area contributed by atoms with E-state index in [0.29, 0.717) is 6.42 Å². The van der Waals surface area contributed by atoms with Crippen molar-refractivity contribution in [1.82, 2.24) is 15.5 Å². The number of carboxylic acid groups (broad SMARTS) is 4. The summed E-state index contributed by atoms with van der Waals surface area (Å²) in [6, 6.07) is -6.19. The number of amides is 3. The number of carbonyl (C=O) groups is 7. The highest BCUT2D eigenvalue weighted by Crippen LogP contribution is 2.20. The molecule has 8 N–H and O–H groups in total. The fourth-order valence-electron chi connectivity index (χ4n) is 3.08. The zero-order valence-corrected chi connectivity index (χ0v) is 16.7. The van der Waals surface area contributed by atoms with Crippen molar-refractivity contribution >= 4 is 41.6 Å². The molecule has 0 aromatic rings. The second-order valence-electron chi connectivity index (χ2n) is 7.05. The minimum absolute atomic E-state index is 0.0131. The summed E-state index contributed by atoms with van der Waals surface area (Å²) >= 11 is 0. The lowest BCUT2D eigenvalue weighted by Gasteiger charge is -2.29. The van der Waals surface area contributed by atoms with E-state index in [-0.39, 0.29) is 13.0 Å². The van der Waals surface area contributed by atoms with Crippen LogP contribution < -0.4 is 16.4 Å². The minimum atomic E-state index is -1.75. The first-order valence-electron chi connectivity index (χ1n) is 9.38. The molecule has 0 radical (unpaired) electrons. The van der Waals surface area contributed by atoms with E-state index >= 15 is 0 Å². The number of nitrogens with one attached hydrogen (secondary N) is 2. The number of carbonyl (C=O) groups excluding carboxylic acids is 3. The summed E-state index contributed by atoms with van der Waals surface area (Å²) in [5.41, 5.74) is 5.42. The molecular formula is C17H24N4O11. The predicted molar refractivity (Wildman–Crippen MR) is 101 cm³/mol. The summed E-state index contributed by atoms with van der Waals surface area (Å²) in [6.07, 6.45) is -2.17. The van der Waals surface area contributed by atoms with Crippen LogP contribution in [0.5, 0.6) is 0 Å². The van der Waals surface area contributed by atoms with E-state index in [2.05, 4.69) is 5.32 Å². The standard InChI is InChI=1S/C17H24N4O11/c18-7(4-11(22)23)14(28)19-8(5-12(24)25)16(30)21-3-1-2-10(21)15(29)20-9(17(31)32)6-13(26)27/h7-10H,1-6,18H2,(H,19,28)(H,20,29)(H,22,23)(H,24,25)(H,26,27)(H,31,32). The average molecular weight is 460 g/mol. The highest BCUT2D eigenvalue weighted by molar-refractivity contribution is 5.96. The van der Waals surface area contributed by atoms with Crippen molar-refractivity contribution in [2.75, 3.05) is 6.54 Å². The maximum absolute atomic E-state index is 12.9. The minimum Gasteiger partial charge on any atom is -0.481 e. The molecule has 3 amide bonds. The molecule has 1 heterocycles. The Labute approximate surface area is 180 Å². The van der Waals surface area contributed by atoms with Gasteiger partial charge < -0.3 is 41.7 Å². The Morgan fingerprint density at radius 2 is 1.38 bits per heavy atom. The van der Waals surface area contributed by atoms with Gasteiger partial charge in [-0.1, -0.05) is 0 Å². The Morgan fingerprint density at radius 1 is 0.844 bits per heavy atom. The Balaban J connectivity index is 2.97. The monoisotopic (exact) mass is 460 g/mol. The second-order valence-corrected chi connectivity index (χ2v) is 7.05. The Bertz CT molecular complexity index is 799.